The van der Waals surface area contributed by atoms with Crippen molar-refractivity contribution >= 4 is 10.8 Å². The van der Waals surface area contributed by atoms with Gasteiger partial charge in [0.2, 0.25) is 0 Å². The van der Waals surface area contributed by atoms with E-state index in [1.807, 2.05) is 6.07 Å². The molecule has 3 nitrogen and oxygen atoms in total. The van der Waals surface area contributed by atoms with Gasteiger partial charge < -0.3 is 10.1 Å². The predicted octanol–water partition coefficient (Wildman–Crippen LogP) is 1.83. The van der Waals surface area contributed by atoms with Gasteiger partial charge in [0.15, 0.2) is 0 Å². The van der Waals surface area contributed by atoms with Crippen molar-refractivity contribution in [2.24, 2.45) is 0 Å². The van der Waals surface area contributed by atoms with Gasteiger partial charge in [-0.25, -0.2) is 0 Å². The van der Waals surface area contributed by atoms with E-state index in [1.165, 1.54) is 18.4 Å². The summed E-state index contributed by atoms with van der Waals surface area (Å²) in [6, 6.07) is 6.83. The van der Waals surface area contributed by atoms with Gasteiger partial charge in [-0.3, -0.25) is 4.21 Å². The molecular formula is C13H19NO2S. The summed E-state index contributed by atoms with van der Waals surface area (Å²) in [7, 11) is 0.815. The van der Waals surface area contributed by atoms with E-state index in [0.717, 1.165) is 17.9 Å². The highest BCUT2D eigenvalue weighted by atomic mass is 32.2. The average molecular weight is 253 g/mol. The Balaban J connectivity index is 2.08. The maximum absolute atomic E-state index is 11.3. The lowest BCUT2D eigenvalue weighted by molar-refractivity contribution is 0.411. The molecule has 1 aromatic rings. The number of hydrogen-bond acceptors (Lipinski definition) is 3. The van der Waals surface area contributed by atoms with Gasteiger partial charge in [0.25, 0.3) is 0 Å². The number of ether oxygens (including phenoxy) is 1. The first-order chi connectivity index (χ1) is 8.19. The van der Waals surface area contributed by atoms with Crippen LogP contribution in [0.5, 0.6) is 5.75 Å². The molecule has 0 saturated heterocycles. The Bertz CT molecular complexity index is 416. The molecule has 1 fully saturated rings. The van der Waals surface area contributed by atoms with Crippen molar-refractivity contribution in [2.75, 3.05) is 13.4 Å². The molecule has 0 aromatic heterocycles. The van der Waals surface area contributed by atoms with E-state index in [-0.39, 0.29) is 0 Å². The fourth-order valence-electron chi connectivity index (χ4n) is 1.82. The standard InChI is InChI=1S/C13H19NO2S/c1-16-13-6-3-10(8-14-12-4-5-12)7-11(13)9-17(2)15/h3,6-7,12,14H,4-5,8-9H2,1-2H3. The second-order valence-electron chi connectivity index (χ2n) is 4.52. The summed E-state index contributed by atoms with van der Waals surface area (Å²) in [5, 5.41) is 3.47. The SMILES string of the molecule is COc1ccc(CNC2CC2)cc1CS(C)=O. The molecule has 1 atom stereocenters. The average Bonchev–Trinajstić information content (AvgIpc) is 3.09. The number of nitrogens with one attached hydrogen (secondary N) is 1. The van der Waals surface area contributed by atoms with E-state index in [4.69, 9.17) is 4.74 Å². The van der Waals surface area contributed by atoms with Crippen molar-refractivity contribution in [3.05, 3.63) is 29.3 Å². The van der Waals surface area contributed by atoms with Crippen molar-refractivity contribution in [3.63, 3.8) is 0 Å². The largest absolute Gasteiger partial charge is 0.496 e. The first kappa shape index (κ1) is 12.6. The minimum Gasteiger partial charge on any atom is -0.496 e. The van der Waals surface area contributed by atoms with Crippen LogP contribution in [0.3, 0.4) is 0 Å². The zero-order chi connectivity index (χ0) is 12.3. The van der Waals surface area contributed by atoms with Gasteiger partial charge >= 0.3 is 0 Å². The summed E-state index contributed by atoms with van der Waals surface area (Å²) in [6.45, 7) is 0.887. The van der Waals surface area contributed by atoms with Crippen LogP contribution in [0.25, 0.3) is 0 Å². The minimum absolute atomic E-state index is 0.556. The van der Waals surface area contributed by atoms with Gasteiger partial charge in [0.1, 0.15) is 5.75 Å². The van der Waals surface area contributed by atoms with Crippen molar-refractivity contribution < 1.29 is 8.95 Å². The summed E-state index contributed by atoms with van der Waals surface area (Å²) in [6.07, 6.45) is 4.30. The molecule has 4 heteroatoms. The van der Waals surface area contributed by atoms with Crippen molar-refractivity contribution in [1.29, 1.82) is 0 Å². The maximum atomic E-state index is 11.3. The Kier molecular flexibility index (Phi) is 4.18. The summed E-state index contributed by atoms with van der Waals surface area (Å²) < 4.78 is 16.6. The summed E-state index contributed by atoms with van der Waals surface area (Å²) in [5.74, 6) is 1.39. The Hall–Kier alpha value is -0.870. The van der Waals surface area contributed by atoms with Gasteiger partial charge in [0.05, 0.1) is 12.9 Å². The summed E-state index contributed by atoms with van der Waals surface area (Å²) >= 11 is 0. The highest BCUT2D eigenvalue weighted by Crippen LogP contribution is 2.23. The van der Waals surface area contributed by atoms with Gasteiger partial charge in [-0.2, -0.15) is 0 Å². The van der Waals surface area contributed by atoms with Crippen LogP contribution < -0.4 is 10.1 Å². The summed E-state index contributed by atoms with van der Waals surface area (Å²) in [4.78, 5) is 0. The Morgan fingerprint density at radius 1 is 1.47 bits per heavy atom. The van der Waals surface area contributed by atoms with E-state index in [2.05, 4.69) is 17.4 Å². The molecule has 1 N–H and O–H groups in total. The fraction of sp³-hybridized carbons (Fsp3) is 0.538. The molecule has 0 heterocycles. The third-order valence-electron chi connectivity index (χ3n) is 2.88. The molecule has 17 heavy (non-hydrogen) atoms. The Morgan fingerprint density at radius 2 is 2.24 bits per heavy atom. The molecule has 0 radical (unpaired) electrons. The van der Waals surface area contributed by atoms with Crippen LogP contribution in [-0.2, 0) is 23.1 Å². The monoisotopic (exact) mass is 253 g/mol. The number of methoxy groups -OCH3 is 1. The zero-order valence-corrected chi connectivity index (χ0v) is 11.2. The maximum Gasteiger partial charge on any atom is 0.123 e. The van der Waals surface area contributed by atoms with Crippen molar-refractivity contribution in [1.82, 2.24) is 5.32 Å². The van der Waals surface area contributed by atoms with Crippen LogP contribution in [0.4, 0.5) is 0 Å². The van der Waals surface area contributed by atoms with Gasteiger partial charge in [0, 0.05) is 35.2 Å². The summed E-state index contributed by atoms with van der Waals surface area (Å²) in [5.41, 5.74) is 2.27. The second kappa shape index (κ2) is 5.65. The normalized spacial score (nSPS) is 16.8. The quantitative estimate of drug-likeness (QED) is 0.840. The lowest BCUT2D eigenvalue weighted by atomic mass is 10.1. The number of benzene rings is 1. The van der Waals surface area contributed by atoms with Gasteiger partial charge in [-0.15, -0.1) is 0 Å². The van der Waals surface area contributed by atoms with E-state index < -0.39 is 10.8 Å². The first-order valence-electron chi connectivity index (χ1n) is 5.88. The number of rotatable bonds is 6. The van der Waals surface area contributed by atoms with Gasteiger partial charge in [-0.1, -0.05) is 6.07 Å². The Labute approximate surface area is 105 Å². The molecule has 1 aliphatic rings. The predicted molar refractivity (Wildman–Crippen MR) is 70.6 cm³/mol. The van der Waals surface area contributed by atoms with Crippen LogP contribution in [0, 0.1) is 0 Å². The highest BCUT2D eigenvalue weighted by molar-refractivity contribution is 7.83. The van der Waals surface area contributed by atoms with Crippen LogP contribution in [0.1, 0.15) is 24.0 Å². The molecule has 1 unspecified atom stereocenters. The third-order valence-corrected chi connectivity index (χ3v) is 3.59. The van der Waals surface area contributed by atoms with E-state index in [1.54, 1.807) is 13.4 Å². The molecule has 2 rings (SSSR count). The van der Waals surface area contributed by atoms with Crippen molar-refractivity contribution in [3.8, 4) is 5.75 Å². The molecular weight excluding hydrogens is 234 g/mol. The third kappa shape index (κ3) is 3.82. The lowest BCUT2D eigenvalue weighted by Gasteiger charge is -2.10. The number of hydrogen-bond donors (Lipinski definition) is 1. The molecule has 0 spiro atoms. The van der Waals surface area contributed by atoms with Crippen LogP contribution in [0.15, 0.2) is 18.2 Å². The molecule has 0 amide bonds. The molecule has 94 valence electrons. The van der Waals surface area contributed by atoms with Gasteiger partial charge in [-0.05, 0) is 30.5 Å². The lowest BCUT2D eigenvalue weighted by Crippen LogP contribution is -2.15. The van der Waals surface area contributed by atoms with Crippen molar-refractivity contribution in [2.45, 2.75) is 31.2 Å². The fourth-order valence-corrected chi connectivity index (χ4v) is 2.49. The zero-order valence-electron chi connectivity index (χ0n) is 10.4. The minimum atomic E-state index is -0.837. The molecule has 1 saturated carbocycles. The van der Waals surface area contributed by atoms with E-state index >= 15 is 0 Å². The molecule has 0 bridgehead atoms. The Morgan fingerprint density at radius 3 is 2.82 bits per heavy atom. The van der Waals surface area contributed by atoms with E-state index in [9.17, 15) is 4.21 Å². The molecule has 0 aliphatic heterocycles. The van der Waals surface area contributed by atoms with Crippen LogP contribution in [-0.4, -0.2) is 23.6 Å². The second-order valence-corrected chi connectivity index (χ2v) is 5.95. The highest BCUT2D eigenvalue weighted by Gasteiger charge is 2.20. The van der Waals surface area contributed by atoms with Crippen LogP contribution in [0.2, 0.25) is 0 Å². The van der Waals surface area contributed by atoms with Crippen LogP contribution >= 0.6 is 0 Å². The molecule has 1 aromatic carbocycles. The molecule has 1 aliphatic carbocycles. The first-order valence-corrected chi connectivity index (χ1v) is 7.61. The smallest absolute Gasteiger partial charge is 0.123 e. The van der Waals surface area contributed by atoms with E-state index in [0.29, 0.717) is 11.8 Å². The topological polar surface area (TPSA) is 38.3 Å².